The summed E-state index contributed by atoms with van der Waals surface area (Å²) in [6.45, 7) is 8.82. The number of epoxide rings is 3. The molecular formula is C26H34O10. The highest BCUT2D eigenvalue weighted by Gasteiger charge is 2.70. The molecule has 4 heterocycles. The number of carbonyl (C=O) groups is 3. The Bertz CT molecular complexity index is 987. The zero-order valence-electron chi connectivity index (χ0n) is 21.3. The molecule has 4 fully saturated rings. The summed E-state index contributed by atoms with van der Waals surface area (Å²) in [4.78, 5) is 36.2. The monoisotopic (exact) mass is 506 g/mol. The second kappa shape index (κ2) is 9.15. The number of ether oxygens (including phenoxy) is 7. The Balaban J connectivity index is 1.56. The van der Waals surface area contributed by atoms with Crippen LogP contribution in [0.1, 0.15) is 53.9 Å². The summed E-state index contributed by atoms with van der Waals surface area (Å²) in [5, 5.41) is 0. The fourth-order valence-corrected chi connectivity index (χ4v) is 6.01. The highest BCUT2D eigenvalue weighted by molar-refractivity contribution is 5.68. The fraction of sp³-hybridized carbons (Fsp3) is 0.731. The van der Waals surface area contributed by atoms with Gasteiger partial charge < -0.3 is 33.2 Å². The van der Waals surface area contributed by atoms with Gasteiger partial charge in [-0.3, -0.25) is 14.4 Å². The number of hydrogen-bond donors (Lipinski definition) is 0. The summed E-state index contributed by atoms with van der Waals surface area (Å²) in [5.74, 6) is -2.11. The van der Waals surface area contributed by atoms with Crippen molar-refractivity contribution in [3.8, 4) is 0 Å². The molecule has 5 aliphatic rings. The molecule has 3 saturated heterocycles. The van der Waals surface area contributed by atoms with Crippen LogP contribution in [0.25, 0.3) is 0 Å². The van der Waals surface area contributed by atoms with E-state index in [1.165, 1.54) is 27.0 Å². The lowest BCUT2D eigenvalue weighted by atomic mass is 9.71. The molecular weight excluding hydrogens is 472 g/mol. The van der Waals surface area contributed by atoms with Crippen LogP contribution < -0.4 is 0 Å². The summed E-state index contributed by atoms with van der Waals surface area (Å²) < 4.78 is 41.0. The fourth-order valence-electron chi connectivity index (χ4n) is 6.01. The van der Waals surface area contributed by atoms with Crippen LogP contribution in [0.3, 0.4) is 0 Å². The van der Waals surface area contributed by atoms with Crippen LogP contribution in [0.15, 0.2) is 23.5 Å². The maximum absolute atomic E-state index is 12.2. The van der Waals surface area contributed by atoms with Crippen LogP contribution in [0.2, 0.25) is 0 Å². The summed E-state index contributed by atoms with van der Waals surface area (Å²) in [6, 6.07) is 0. The van der Waals surface area contributed by atoms with Crippen LogP contribution in [0, 0.1) is 11.8 Å². The number of allylic oxidation sites excluding steroid dienone is 1. The van der Waals surface area contributed by atoms with Crippen molar-refractivity contribution in [2.75, 3.05) is 13.2 Å². The van der Waals surface area contributed by atoms with Crippen molar-refractivity contribution >= 4 is 17.9 Å². The number of esters is 3. The van der Waals surface area contributed by atoms with Gasteiger partial charge in [-0.15, -0.1) is 0 Å². The van der Waals surface area contributed by atoms with Crippen LogP contribution in [0.4, 0.5) is 0 Å². The van der Waals surface area contributed by atoms with Gasteiger partial charge in [0, 0.05) is 32.8 Å². The minimum Gasteiger partial charge on any atom is -0.462 e. The molecule has 1 unspecified atom stereocenters. The van der Waals surface area contributed by atoms with Crippen LogP contribution in [-0.4, -0.2) is 73.0 Å². The van der Waals surface area contributed by atoms with Crippen LogP contribution in [0.5, 0.6) is 0 Å². The standard InChI is InChI=1S/C26H34O10/c1-13(2)8-19(33-14(3)27)22(34-15(4)28)18-10-30-24(35-16(5)29)21-17(18)6-7-25(11-31-25)23-20(36-23)9-26(21)12-32-26/h8,10,17,19-24H,6-7,9,11-12H2,1-5H3/t17-,19+,20-,21+,22?,23+,24-,25-,26-/m1/s1. The number of hydrogen-bond acceptors (Lipinski definition) is 10. The van der Waals surface area contributed by atoms with Crippen molar-refractivity contribution in [3.05, 3.63) is 23.5 Å². The van der Waals surface area contributed by atoms with Gasteiger partial charge in [0.05, 0.1) is 31.5 Å². The van der Waals surface area contributed by atoms with Crippen molar-refractivity contribution in [2.24, 2.45) is 11.8 Å². The molecule has 2 spiro atoms. The van der Waals surface area contributed by atoms with Gasteiger partial charge in [0.25, 0.3) is 0 Å². The van der Waals surface area contributed by atoms with Gasteiger partial charge in [-0.2, -0.15) is 0 Å². The third-order valence-electron chi connectivity index (χ3n) is 7.66. The van der Waals surface area contributed by atoms with Gasteiger partial charge in [-0.05, 0) is 38.7 Å². The quantitative estimate of drug-likeness (QED) is 0.229. The summed E-state index contributed by atoms with van der Waals surface area (Å²) >= 11 is 0. The molecule has 5 rings (SSSR count). The van der Waals surface area contributed by atoms with Gasteiger partial charge in [-0.1, -0.05) is 5.57 Å². The van der Waals surface area contributed by atoms with E-state index in [1.54, 1.807) is 6.08 Å². The predicted molar refractivity (Wildman–Crippen MR) is 122 cm³/mol. The molecule has 198 valence electrons. The van der Waals surface area contributed by atoms with E-state index in [0.29, 0.717) is 38.0 Å². The average Bonchev–Trinajstić information content (AvgIpc) is 3.64. The first-order valence-electron chi connectivity index (χ1n) is 12.5. The molecule has 0 aromatic heterocycles. The highest BCUT2D eigenvalue weighted by atomic mass is 16.7. The maximum Gasteiger partial charge on any atom is 0.305 e. The van der Waals surface area contributed by atoms with Crippen molar-refractivity contribution in [3.63, 3.8) is 0 Å². The van der Waals surface area contributed by atoms with Crippen molar-refractivity contribution in [2.45, 2.75) is 95.8 Å². The van der Waals surface area contributed by atoms with E-state index in [9.17, 15) is 14.4 Å². The molecule has 1 saturated carbocycles. The smallest absolute Gasteiger partial charge is 0.305 e. The molecule has 0 radical (unpaired) electrons. The van der Waals surface area contributed by atoms with E-state index in [1.807, 2.05) is 13.8 Å². The third kappa shape index (κ3) is 4.90. The minimum atomic E-state index is -0.925. The molecule has 1 aliphatic carbocycles. The molecule has 9 atom stereocenters. The largest absolute Gasteiger partial charge is 0.462 e. The Morgan fingerprint density at radius 3 is 2.22 bits per heavy atom. The third-order valence-corrected chi connectivity index (χ3v) is 7.66. The first-order valence-corrected chi connectivity index (χ1v) is 12.5. The van der Waals surface area contributed by atoms with E-state index in [-0.39, 0.29) is 29.6 Å². The SMILES string of the molecule is CC(=O)OC(C1=CO[C@H](OC(C)=O)[C@@H]2[C@@H]1CC[C@@]1(CO1)[C@H]1O[C@@H]1C[C@@]21CO1)[C@H](C=C(C)C)OC(C)=O. The van der Waals surface area contributed by atoms with Gasteiger partial charge >= 0.3 is 17.9 Å². The Morgan fingerprint density at radius 2 is 1.67 bits per heavy atom. The Kier molecular flexibility index (Phi) is 6.41. The summed E-state index contributed by atoms with van der Waals surface area (Å²) in [5.41, 5.74) is 0.606. The van der Waals surface area contributed by atoms with Crippen LogP contribution >= 0.6 is 0 Å². The van der Waals surface area contributed by atoms with E-state index in [4.69, 9.17) is 33.2 Å². The molecule has 0 amide bonds. The second-order valence-corrected chi connectivity index (χ2v) is 10.8. The van der Waals surface area contributed by atoms with Crippen molar-refractivity contribution in [1.29, 1.82) is 0 Å². The zero-order chi connectivity index (χ0) is 25.8. The van der Waals surface area contributed by atoms with Crippen molar-refractivity contribution in [1.82, 2.24) is 0 Å². The number of fused-ring (bicyclic) bond motifs is 4. The number of carbonyl (C=O) groups excluding carboxylic acids is 3. The lowest BCUT2D eigenvalue weighted by Crippen LogP contribution is -2.50. The van der Waals surface area contributed by atoms with E-state index in [0.717, 1.165) is 5.57 Å². The number of rotatable bonds is 6. The normalized spacial score (nSPS) is 39.4. The summed E-state index contributed by atoms with van der Waals surface area (Å²) in [7, 11) is 0. The van der Waals surface area contributed by atoms with E-state index in [2.05, 4.69) is 0 Å². The zero-order valence-corrected chi connectivity index (χ0v) is 21.3. The lowest BCUT2D eigenvalue weighted by Gasteiger charge is -2.43. The molecule has 0 bridgehead atoms. The van der Waals surface area contributed by atoms with E-state index >= 15 is 0 Å². The van der Waals surface area contributed by atoms with Crippen LogP contribution in [-0.2, 0) is 47.5 Å². The molecule has 0 aromatic carbocycles. The topological polar surface area (TPSA) is 126 Å². The van der Waals surface area contributed by atoms with Gasteiger partial charge in [0.15, 0.2) is 12.2 Å². The molecule has 10 heteroatoms. The Labute approximate surface area is 210 Å². The first kappa shape index (κ1) is 25.2. The first-order chi connectivity index (χ1) is 17.0. The van der Waals surface area contributed by atoms with Gasteiger partial charge in [0.2, 0.25) is 6.29 Å². The Hall–Kier alpha value is -2.43. The molecule has 0 aromatic rings. The van der Waals surface area contributed by atoms with Gasteiger partial charge in [0.1, 0.15) is 17.3 Å². The maximum atomic E-state index is 12.2. The molecule has 4 aliphatic heterocycles. The lowest BCUT2D eigenvalue weighted by molar-refractivity contribution is -0.194. The van der Waals surface area contributed by atoms with Crippen molar-refractivity contribution < 1.29 is 47.5 Å². The van der Waals surface area contributed by atoms with Gasteiger partial charge in [-0.25, -0.2) is 0 Å². The minimum absolute atomic E-state index is 0.00446. The predicted octanol–water partition coefficient (Wildman–Crippen LogP) is 2.34. The molecule has 10 nitrogen and oxygen atoms in total. The molecule has 0 N–H and O–H groups in total. The average molecular weight is 507 g/mol. The summed E-state index contributed by atoms with van der Waals surface area (Å²) in [6.07, 6.45) is 2.59. The Morgan fingerprint density at radius 1 is 1.00 bits per heavy atom. The van der Waals surface area contributed by atoms with E-state index < -0.39 is 42.0 Å². The molecule has 36 heavy (non-hydrogen) atoms. The second-order valence-electron chi connectivity index (χ2n) is 10.8. The highest BCUT2D eigenvalue weighted by Crippen LogP contribution is 2.59.